The minimum absolute atomic E-state index is 0.199. The fraction of sp³-hybridized carbons (Fsp3) is 0.562. The number of nitrogens with two attached hydrogens (primary N) is 1. The Kier molecular flexibility index (Phi) is 4.73. The number of aryl methyl sites for hydroxylation is 1. The lowest BCUT2D eigenvalue weighted by molar-refractivity contribution is -0.123. The summed E-state index contributed by atoms with van der Waals surface area (Å²) in [7, 11) is 0. The molecule has 0 aromatic heterocycles. The van der Waals surface area contributed by atoms with E-state index < -0.39 is 12.1 Å². The molecule has 4 N–H and O–H groups in total. The van der Waals surface area contributed by atoms with Crippen LogP contribution in [-0.4, -0.2) is 54.6 Å². The number of aliphatic hydroxyl groups is 1. The van der Waals surface area contributed by atoms with Crippen LogP contribution >= 0.6 is 0 Å². The fourth-order valence-corrected chi connectivity index (χ4v) is 2.99. The Bertz CT molecular complexity index is 510. The molecule has 2 aliphatic rings. The van der Waals surface area contributed by atoms with Crippen LogP contribution in [0.5, 0.6) is 0 Å². The summed E-state index contributed by atoms with van der Waals surface area (Å²) in [6.45, 7) is 0.602. The van der Waals surface area contributed by atoms with Gasteiger partial charge >= 0.3 is 0 Å². The zero-order chi connectivity index (χ0) is 15.5. The predicted octanol–water partition coefficient (Wildman–Crippen LogP) is -0.410. The van der Waals surface area contributed by atoms with E-state index in [0.717, 1.165) is 12.0 Å². The van der Waals surface area contributed by atoms with Crippen molar-refractivity contribution >= 4 is 5.91 Å². The van der Waals surface area contributed by atoms with Gasteiger partial charge in [0.25, 0.3) is 0 Å². The Labute approximate surface area is 129 Å². The quantitative estimate of drug-likeness (QED) is 0.687. The van der Waals surface area contributed by atoms with Crippen LogP contribution in [0.15, 0.2) is 30.3 Å². The molecule has 2 heterocycles. The maximum absolute atomic E-state index is 12.2. The van der Waals surface area contributed by atoms with Gasteiger partial charge in [0, 0.05) is 0 Å². The minimum Gasteiger partial charge on any atom is -0.388 e. The van der Waals surface area contributed by atoms with Crippen molar-refractivity contribution in [3.63, 3.8) is 0 Å². The Balaban J connectivity index is 1.47. The topological polar surface area (TPSA) is 93.8 Å². The third-order valence-corrected chi connectivity index (χ3v) is 4.28. The summed E-state index contributed by atoms with van der Waals surface area (Å²) in [5.41, 5.74) is 7.13. The standard InChI is InChI=1S/C16H22N2O4/c17-11(7-6-10-4-2-1-3-5-10)16(20)18-12-8-21-15-13(19)9-22-14(12)15/h1-5,11-15,19H,6-9,17H2,(H,18,20)/t11-,12-,13+,14+,15+/m0/s1. The number of nitrogens with one attached hydrogen (secondary N) is 1. The van der Waals surface area contributed by atoms with Crippen molar-refractivity contribution in [2.45, 2.75) is 43.2 Å². The molecule has 22 heavy (non-hydrogen) atoms. The molecule has 0 spiro atoms. The van der Waals surface area contributed by atoms with E-state index in [9.17, 15) is 9.90 Å². The number of amides is 1. The summed E-state index contributed by atoms with van der Waals surface area (Å²) in [4.78, 5) is 12.2. The molecule has 0 radical (unpaired) electrons. The monoisotopic (exact) mass is 306 g/mol. The minimum atomic E-state index is -0.612. The second-order valence-electron chi connectivity index (χ2n) is 5.91. The van der Waals surface area contributed by atoms with Crippen molar-refractivity contribution in [2.24, 2.45) is 5.73 Å². The van der Waals surface area contributed by atoms with E-state index >= 15 is 0 Å². The molecule has 0 bridgehead atoms. The number of fused-ring (bicyclic) bond motifs is 1. The van der Waals surface area contributed by atoms with Crippen LogP contribution in [0.2, 0.25) is 0 Å². The number of hydrogen-bond acceptors (Lipinski definition) is 5. The lowest BCUT2D eigenvalue weighted by atomic mass is 10.0. The second-order valence-corrected chi connectivity index (χ2v) is 5.91. The maximum atomic E-state index is 12.2. The van der Waals surface area contributed by atoms with Crippen molar-refractivity contribution in [3.8, 4) is 0 Å². The zero-order valence-electron chi connectivity index (χ0n) is 12.4. The van der Waals surface area contributed by atoms with Gasteiger partial charge in [-0.3, -0.25) is 4.79 Å². The molecule has 1 aromatic carbocycles. The largest absolute Gasteiger partial charge is 0.388 e. The van der Waals surface area contributed by atoms with Crippen molar-refractivity contribution in [3.05, 3.63) is 35.9 Å². The normalized spacial score (nSPS) is 31.7. The van der Waals surface area contributed by atoms with Crippen LogP contribution < -0.4 is 11.1 Å². The van der Waals surface area contributed by atoms with Crippen molar-refractivity contribution in [1.82, 2.24) is 5.32 Å². The molecule has 0 aliphatic carbocycles. The highest BCUT2D eigenvalue weighted by Gasteiger charge is 2.47. The van der Waals surface area contributed by atoms with Gasteiger partial charge < -0.3 is 25.6 Å². The van der Waals surface area contributed by atoms with Crippen molar-refractivity contribution in [1.29, 1.82) is 0 Å². The Hall–Kier alpha value is -1.47. The first-order valence-electron chi connectivity index (χ1n) is 7.66. The first kappa shape index (κ1) is 15.4. The highest BCUT2D eigenvalue weighted by molar-refractivity contribution is 5.81. The van der Waals surface area contributed by atoms with Gasteiger partial charge in [0.15, 0.2) is 0 Å². The van der Waals surface area contributed by atoms with Crippen LogP contribution in [0.1, 0.15) is 12.0 Å². The molecule has 2 fully saturated rings. The van der Waals surface area contributed by atoms with Gasteiger partial charge in [-0.2, -0.15) is 0 Å². The van der Waals surface area contributed by atoms with Crippen LogP contribution in [0.25, 0.3) is 0 Å². The smallest absolute Gasteiger partial charge is 0.237 e. The molecular weight excluding hydrogens is 284 g/mol. The average Bonchev–Trinajstić information content (AvgIpc) is 3.10. The molecule has 2 aliphatic heterocycles. The number of ether oxygens (including phenoxy) is 2. The molecule has 5 atom stereocenters. The molecule has 6 nitrogen and oxygen atoms in total. The number of hydrogen-bond donors (Lipinski definition) is 3. The molecule has 0 saturated carbocycles. The van der Waals surface area contributed by atoms with Crippen LogP contribution in [0.3, 0.4) is 0 Å². The van der Waals surface area contributed by atoms with Gasteiger partial charge in [0.2, 0.25) is 5.91 Å². The predicted molar refractivity (Wildman–Crippen MR) is 80.2 cm³/mol. The summed E-state index contributed by atoms with van der Waals surface area (Å²) >= 11 is 0. The van der Waals surface area contributed by atoms with Crippen LogP contribution in [0, 0.1) is 0 Å². The number of benzene rings is 1. The molecular formula is C16H22N2O4. The van der Waals surface area contributed by atoms with Gasteiger partial charge in [0.1, 0.15) is 18.3 Å². The first-order valence-corrected chi connectivity index (χ1v) is 7.66. The molecule has 120 valence electrons. The third-order valence-electron chi connectivity index (χ3n) is 4.28. The van der Waals surface area contributed by atoms with E-state index in [1.165, 1.54) is 0 Å². The van der Waals surface area contributed by atoms with Crippen LogP contribution in [0.4, 0.5) is 0 Å². The summed E-state index contributed by atoms with van der Waals surface area (Å²) in [5, 5.41) is 12.6. The number of carbonyl (C=O) groups is 1. The highest BCUT2D eigenvalue weighted by atomic mass is 16.6. The fourth-order valence-electron chi connectivity index (χ4n) is 2.99. The van der Waals surface area contributed by atoms with Gasteiger partial charge in [-0.15, -0.1) is 0 Å². The van der Waals surface area contributed by atoms with E-state index in [1.807, 2.05) is 30.3 Å². The second kappa shape index (κ2) is 6.75. The van der Waals surface area contributed by atoms with Crippen LogP contribution in [-0.2, 0) is 20.7 Å². The lowest BCUT2D eigenvalue weighted by Crippen LogP contribution is -2.50. The summed E-state index contributed by atoms with van der Waals surface area (Å²) in [5.74, 6) is -0.199. The van der Waals surface area contributed by atoms with E-state index in [4.69, 9.17) is 15.2 Å². The lowest BCUT2D eigenvalue weighted by Gasteiger charge is -2.20. The first-order chi connectivity index (χ1) is 10.6. The SMILES string of the molecule is N[C@@H](CCc1ccccc1)C(=O)N[C@H]1CO[C@H]2[C@@H]1OC[C@H]2O. The van der Waals surface area contributed by atoms with Gasteiger partial charge in [-0.05, 0) is 18.4 Å². The van der Waals surface area contributed by atoms with E-state index in [-0.39, 0.29) is 30.8 Å². The molecule has 0 unspecified atom stereocenters. The Morgan fingerprint density at radius 2 is 2.00 bits per heavy atom. The van der Waals surface area contributed by atoms with E-state index in [0.29, 0.717) is 13.0 Å². The molecule has 1 amide bonds. The van der Waals surface area contributed by atoms with Gasteiger partial charge in [-0.1, -0.05) is 30.3 Å². The number of aliphatic hydroxyl groups excluding tert-OH is 1. The van der Waals surface area contributed by atoms with Crippen molar-refractivity contribution in [2.75, 3.05) is 13.2 Å². The average molecular weight is 306 g/mol. The Morgan fingerprint density at radius 3 is 2.77 bits per heavy atom. The number of carbonyl (C=O) groups excluding carboxylic acids is 1. The third kappa shape index (κ3) is 3.30. The number of rotatable bonds is 5. The summed E-state index contributed by atoms with van der Waals surface area (Å²) in [6.07, 6.45) is 0.114. The molecule has 3 rings (SSSR count). The van der Waals surface area contributed by atoms with Gasteiger partial charge in [0.05, 0.1) is 25.3 Å². The Morgan fingerprint density at radius 1 is 1.27 bits per heavy atom. The van der Waals surface area contributed by atoms with E-state index in [1.54, 1.807) is 0 Å². The molecule has 6 heteroatoms. The van der Waals surface area contributed by atoms with Crippen molar-refractivity contribution < 1.29 is 19.4 Å². The highest BCUT2D eigenvalue weighted by Crippen LogP contribution is 2.26. The molecule has 2 saturated heterocycles. The van der Waals surface area contributed by atoms with E-state index in [2.05, 4.69) is 5.32 Å². The summed E-state index contributed by atoms with van der Waals surface area (Å²) in [6, 6.07) is 9.15. The summed E-state index contributed by atoms with van der Waals surface area (Å²) < 4.78 is 11.0. The molecule has 1 aromatic rings. The zero-order valence-corrected chi connectivity index (χ0v) is 12.4. The van der Waals surface area contributed by atoms with Gasteiger partial charge in [-0.25, -0.2) is 0 Å². The maximum Gasteiger partial charge on any atom is 0.237 e.